The van der Waals surface area contributed by atoms with Crippen molar-refractivity contribution in [3.05, 3.63) is 41.8 Å². The highest BCUT2D eigenvalue weighted by molar-refractivity contribution is 5.57. The van der Waals surface area contributed by atoms with Crippen LogP contribution in [0.2, 0.25) is 0 Å². The fraction of sp³-hybridized carbons (Fsp3) is 0.273. The van der Waals surface area contributed by atoms with Crippen molar-refractivity contribution in [2.75, 3.05) is 7.05 Å². The lowest BCUT2D eigenvalue weighted by atomic mass is 10.1. The maximum absolute atomic E-state index is 10.3. The van der Waals surface area contributed by atoms with E-state index >= 15 is 0 Å². The van der Waals surface area contributed by atoms with Crippen molar-refractivity contribution in [3.63, 3.8) is 0 Å². The highest BCUT2D eigenvalue weighted by atomic mass is 16.1. The Kier molecular flexibility index (Phi) is 6.30. The molecule has 0 aliphatic heterocycles. The monoisotopic (exact) mass is 177 g/mol. The SMILES string of the molecule is C=C=C(CC=O)/C(=C\C=C/C)NC. The Morgan fingerprint density at radius 2 is 2.31 bits per heavy atom. The predicted octanol–water partition coefficient (Wildman–Crippen LogP) is 1.97. The summed E-state index contributed by atoms with van der Waals surface area (Å²) in [5.41, 5.74) is 4.40. The first kappa shape index (κ1) is 11.5. The molecule has 0 amide bonds. The first-order chi connectivity index (χ1) is 6.29. The van der Waals surface area contributed by atoms with Crippen molar-refractivity contribution >= 4 is 6.29 Å². The number of hydrogen-bond acceptors (Lipinski definition) is 2. The Hall–Kier alpha value is -1.53. The molecule has 0 spiro atoms. The molecule has 2 nitrogen and oxygen atoms in total. The molecule has 0 atom stereocenters. The second-order valence-corrected chi connectivity index (χ2v) is 2.38. The largest absolute Gasteiger partial charge is 0.387 e. The van der Waals surface area contributed by atoms with Crippen LogP contribution in [0.4, 0.5) is 0 Å². The van der Waals surface area contributed by atoms with Gasteiger partial charge in [-0.1, -0.05) is 18.7 Å². The summed E-state index contributed by atoms with van der Waals surface area (Å²) in [7, 11) is 1.80. The minimum Gasteiger partial charge on any atom is -0.387 e. The molecule has 0 saturated carbocycles. The van der Waals surface area contributed by atoms with Crippen LogP contribution in [0.15, 0.2) is 41.8 Å². The van der Waals surface area contributed by atoms with Crippen LogP contribution in [-0.4, -0.2) is 13.3 Å². The molecule has 0 heterocycles. The predicted molar refractivity (Wildman–Crippen MR) is 55.3 cm³/mol. The third-order valence-corrected chi connectivity index (χ3v) is 1.55. The smallest absolute Gasteiger partial charge is 0.125 e. The molecular formula is C11H15NO. The second kappa shape index (κ2) is 7.14. The summed E-state index contributed by atoms with van der Waals surface area (Å²) >= 11 is 0. The van der Waals surface area contributed by atoms with Crippen molar-refractivity contribution in [2.45, 2.75) is 13.3 Å². The summed E-state index contributed by atoms with van der Waals surface area (Å²) in [5, 5.41) is 2.98. The normalized spacial score (nSPS) is 11.1. The van der Waals surface area contributed by atoms with E-state index in [0.717, 1.165) is 17.6 Å². The van der Waals surface area contributed by atoms with Gasteiger partial charge in [0.05, 0.1) is 0 Å². The summed E-state index contributed by atoms with van der Waals surface area (Å²) in [6.07, 6.45) is 6.88. The highest BCUT2D eigenvalue weighted by Crippen LogP contribution is 2.07. The quantitative estimate of drug-likeness (QED) is 0.395. The topological polar surface area (TPSA) is 29.1 Å². The summed E-state index contributed by atoms with van der Waals surface area (Å²) in [6.45, 7) is 5.46. The Balaban J connectivity index is 4.73. The van der Waals surface area contributed by atoms with Gasteiger partial charge in [-0.15, -0.1) is 5.73 Å². The average Bonchev–Trinajstić information content (AvgIpc) is 2.17. The maximum Gasteiger partial charge on any atom is 0.125 e. The minimum absolute atomic E-state index is 0.341. The van der Waals surface area contributed by atoms with Crippen LogP contribution in [-0.2, 0) is 4.79 Å². The Morgan fingerprint density at radius 3 is 2.69 bits per heavy atom. The van der Waals surface area contributed by atoms with Crippen LogP contribution < -0.4 is 5.32 Å². The van der Waals surface area contributed by atoms with Crippen molar-refractivity contribution in [2.24, 2.45) is 0 Å². The molecule has 0 bridgehead atoms. The molecule has 0 aliphatic rings. The molecule has 13 heavy (non-hydrogen) atoms. The zero-order valence-electron chi connectivity index (χ0n) is 8.13. The third kappa shape index (κ3) is 4.14. The minimum atomic E-state index is 0.341. The van der Waals surface area contributed by atoms with E-state index in [1.807, 2.05) is 25.2 Å². The second-order valence-electron chi connectivity index (χ2n) is 2.38. The summed E-state index contributed by atoms with van der Waals surface area (Å²) < 4.78 is 0. The van der Waals surface area contributed by atoms with Gasteiger partial charge in [0, 0.05) is 24.7 Å². The molecule has 0 radical (unpaired) electrons. The molecule has 0 unspecified atom stereocenters. The van der Waals surface area contributed by atoms with Crippen LogP contribution in [0.1, 0.15) is 13.3 Å². The van der Waals surface area contributed by atoms with Gasteiger partial charge in [0.2, 0.25) is 0 Å². The number of carbonyl (C=O) groups excluding carboxylic acids is 1. The van der Waals surface area contributed by atoms with Crippen molar-refractivity contribution < 1.29 is 4.79 Å². The summed E-state index contributed by atoms with van der Waals surface area (Å²) in [6, 6.07) is 0. The van der Waals surface area contributed by atoms with Crippen LogP contribution in [0.3, 0.4) is 0 Å². The van der Waals surface area contributed by atoms with Gasteiger partial charge >= 0.3 is 0 Å². The number of allylic oxidation sites excluding steroid dienone is 4. The first-order valence-electron chi connectivity index (χ1n) is 4.13. The maximum atomic E-state index is 10.3. The van der Waals surface area contributed by atoms with E-state index in [4.69, 9.17) is 0 Å². The number of rotatable bonds is 5. The number of hydrogen-bond donors (Lipinski definition) is 1. The first-order valence-corrected chi connectivity index (χ1v) is 4.13. The van der Waals surface area contributed by atoms with E-state index in [0.29, 0.717) is 6.42 Å². The molecule has 0 aromatic carbocycles. The Morgan fingerprint density at radius 1 is 1.62 bits per heavy atom. The molecule has 0 aromatic heterocycles. The van der Waals surface area contributed by atoms with Crippen molar-refractivity contribution in [1.82, 2.24) is 5.32 Å². The van der Waals surface area contributed by atoms with Gasteiger partial charge in [-0.2, -0.15) is 0 Å². The summed E-state index contributed by atoms with van der Waals surface area (Å²) in [5.74, 6) is 0. The lowest BCUT2D eigenvalue weighted by molar-refractivity contribution is -0.107. The Bertz CT molecular complexity index is 268. The molecule has 0 aromatic rings. The van der Waals surface area contributed by atoms with Gasteiger partial charge in [-0.25, -0.2) is 0 Å². The van der Waals surface area contributed by atoms with Crippen molar-refractivity contribution in [1.29, 1.82) is 0 Å². The fourth-order valence-electron chi connectivity index (χ4n) is 0.888. The molecule has 0 fully saturated rings. The van der Waals surface area contributed by atoms with Crippen molar-refractivity contribution in [3.8, 4) is 0 Å². The van der Waals surface area contributed by atoms with E-state index in [1.165, 1.54) is 0 Å². The lowest BCUT2D eigenvalue weighted by Crippen LogP contribution is -2.08. The van der Waals surface area contributed by atoms with Crippen LogP contribution in [0.25, 0.3) is 0 Å². The van der Waals surface area contributed by atoms with Crippen LogP contribution in [0, 0.1) is 0 Å². The lowest BCUT2D eigenvalue weighted by Gasteiger charge is -2.05. The van der Waals surface area contributed by atoms with E-state index in [1.54, 1.807) is 7.05 Å². The van der Waals surface area contributed by atoms with E-state index in [9.17, 15) is 4.79 Å². The third-order valence-electron chi connectivity index (χ3n) is 1.55. The van der Waals surface area contributed by atoms with E-state index in [2.05, 4.69) is 17.6 Å². The number of carbonyl (C=O) groups is 1. The molecule has 70 valence electrons. The average molecular weight is 177 g/mol. The molecule has 1 N–H and O–H groups in total. The van der Waals surface area contributed by atoms with Gasteiger partial charge in [0.15, 0.2) is 0 Å². The van der Waals surface area contributed by atoms with Gasteiger partial charge in [0.25, 0.3) is 0 Å². The van der Waals surface area contributed by atoms with Gasteiger partial charge in [0.1, 0.15) is 6.29 Å². The summed E-state index contributed by atoms with van der Waals surface area (Å²) in [4.78, 5) is 10.3. The van der Waals surface area contributed by atoms with Crippen LogP contribution >= 0.6 is 0 Å². The zero-order chi connectivity index (χ0) is 10.1. The van der Waals surface area contributed by atoms with Gasteiger partial charge in [-0.05, 0) is 13.0 Å². The van der Waals surface area contributed by atoms with Gasteiger partial charge < -0.3 is 10.1 Å². The van der Waals surface area contributed by atoms with Crippen LogP contribution in [0.5, 0.6) is 0 Å². The molecular weight excluding hydrogens is 162 g/mol. The molecule has 0 saturated heterocycles. The zero-order valence-corrected chi connectivity index (χ0v) is 8.13. The van der Waals surface area contributed by atoms with E-state index in [-0.39, 0.29) is 0 Å². The molecule has 0 rings (SSSR count). The Labute approximate surface area is 79.3 Å². The molecule has 0 aliphatic carbocycles. The molecule has 2 heteroatoms. The van der Waals surface area contributed by atoms with E-state index < -0.39 is 0 Å². The fourth-order valence-corrected chi connectivity index (χ4v) is 0.888. The van der Waals surface area contributed by atoms with Gasteiger partial charge in [-0.3, -0.25) is 0 Å². The number of nitrogens with one attached hydrogen (secondary N) is 1. The highest BCUT2D eigenvalue weighted by Gasteiger charge is 1.99. The number of aldehydes is 1. The standard InChI is InChI=1S/C11H15NO/c1-4-6-7-11(12-3)10(5-2)8-9-13/h4,6-7,9,12H,2,8H2,1,3H3/b6-4-,11-7+. The number of likely N-dealkylation sites (N-methyl/N-ethyl adjacent to an activating group) is 1.